The van der Waals surface area contributed by atoms with Gasteiger partial charge in [-0.15, -0.1) is 5.10 Å². The first-order valence-electron chi connectivity index (χ1n) is 9.05. The molecule has 1 saturated carbocycles. The Bertz CT molecular complexity index is 711. The highest BCUT2D eigenvalue weighted by atomic mass is 32.2. The molecule has 7 nitrogen and oxygen atoms in total. The number of amides is 1. The van der Waals surface area contributed by atoms with Crippen LogP contribution in [0, 0.1) is 0 Å². The van der Waals surface area contributed by atoms with Crippen LogP contribution >= 0.6 is 11.8 Å². The molecule has 0 bridgehead atoms. The van der Waals surface area contributed by atoms with Crippen LogP contribution in [0.2, 0.25) is 0 Å². The molecule has 0 radical (unpaired) electrons. The molecule has 1 fully saturated rings. The van der Waals surface area contributed by atoms with Crippen molar-refractivity contribution in [2.24, 2.45) is 0 Å². The first-order valence-corrected chi connectivity index (χ1v) is 10.0. The van der Waals surface area contributed by atoms with Gasteiger partial charge < -0.3 is 10.1 Å². The van der Waals surface area contributed by atoms with Crippen LogP contribution in [0.5, 0.6) is 5.75 Å². The van der Waals surface area contributed by atoms with Gasteiger partial charge in [-0.1, -0.05) is 36.7 Å². The second-order valence-electron chi connectivity index (χ2n) is 6.72. The third-order valence-corrected chi connectivity index (χ3v) is 5.18. The highest BCUT2D eigenvalue weighted by molar-refractivity contribution is 7.99. The van der Waals surface area contributed by atoms with E-state index in [2.05, 4.69) is 20.8 Å². The number of rotatable bonds is 8. The fourth-order valence-electron chi connectivity index (χ4n) is 3.00. The summed E-state index contributed by atoms with van der Waals surface area (Å²) in [7, 11) is 0. The zero-order valence-electron chi connectivity index (χ0n) is 15.2. The Morgan fingerprint density at radius 1 is 1.31 bits per heavy atom. The third kappa shape index (κ3) is 5.20. The molecule has 2 aromatic rings. The van der Waals surface area contributed by atoms with Crippen LogP contribution in [0.25, 0.3) is 0 Å². The second-order valence-corrected chi connectivity index (χ2v) is 7.66. The molecule has 1 aliphatic carbocycles. The quantitative estimate of drug-likeness (QED) is 0.714. The van der Waals surface area contributed by atoms with Crippen LogP contribution in [0.1, 0.15) is 51.1 Å². The van der Waals surface area contributed by atoms with Crippen LogP contribution in [0.4, 0.5) is 0 Å². The number of aromatic nitrogens is 4. The summed E-state index contributed by atoms with van der Waals surface area (Å²) < 4.78 is 7.49. The molecular formula is C18H25N5O2S. The number of carbonyl (C=O) groups excluding carboxylic acids is 1. The predicted octanol–water partition coefficient (Wildman–Crippen LogP) is 2.98. The van der Waals surface area contributed by atoms with Crippen molar-refractivity contribution in [3.63, 3.8) is 0 Å². The number of ether oxygens (including phenoxy) is 1. The minimum Gasteiger partial charge on any atom is -0.491 e. The van der Waals surface area contributed by atoms with E-state index in [0.29, 0.717) is 18.3 Å². The van der Waals surface area contributed by atoms with E-state index in [4.69, 9.17) is 4.74 Å². The van der Waals surface area contributed by atoms with Gasteiger partial charge in [-0.3, -0.25) is 4.79 Å². The Hall–Kier alpha value is -2.09. The molecule has 1 aromatic carbocycles. The molecule has 3 rings (SSSR count). The molecule has 0 spiro atoms. The van der Waals surface area contributed by atoms with Crippen molar-refractivity contribution in [2.75, 3.05) is 5.75 Å². The standard InChI is InChI=1S/C18H25N5O2S/c1-13(2)25-16-9-7-14(8-10-16)11-19-17(24)12-26-18-20-21-22-23(18)15-5-3-4-6-15/h7-10,13,15H,3-6,11-12H2,1-2H3,(H,19,24). The van der Waals surface area contributed by atoms with Gasteiger partial charge in [0, 0.05) is 6.54 Å². The van der Waals surface area contributed by atoms with Gasteiger partial charge in [0.25, 0.3) is 0 Å². The average Bonchev–Trinajstić information content (AvgIpc) is 3.30. The summed E-state index contributed by atoms with van der Waals surface area (Å²) in [6, 6.07) is 8.15. The number of tetrazole rings is 1. The minimum absolute atomic E-state index is 0.0292. The lowest BCUT2D eigenvalue weighted by Crippen LogP contribution is -2.24. The van der Waals surface area contributed by atoms with Gasteiger partial charge in [0.15, 0.2) is 0 Å². The van der Waals surface area contributed by atoms with Gasteiger partial charge in [-0.05, 0) is 54.8 Å². The van der Waals surface area contributed by atoms with Crippen LogP contribution < -0.4 is 10.1 Å². The molecule has 0 atom stereocenters. The largest absolute Gasteiger partial charge is 0.491 e. The van der Waals surface area contributed by atoms with Crippen molar-refractivity contribution in [3.05, 3.63) is 29.8 Å². The number of benzene rings is 1. The SMILES string of the molecule is CC(C)Oc1ccc(CNC(=O)CSc2nnnn2C2CCCC2)cc1. The minimum atomic E-state index is -0.0292. The van der Waals surface area contributed by atoms with Crippen molar-refractivity contribution < 1.29 is 9.53 Å². The zero-order valence-corrected chi connectivity index (χ0v) is 16.0. The van der Waals surface area contributed by atoms with E-state index >= 15 is 0 Å². The summed E-state index contributed by atoms with van der Waals surface area (Å²) in [6.45, 7) is 4.48. The Morgan fingerprint density at radius 2 is 2.04 bits per heavy atom. The molecule has 1 aliphatic rings. The Kier molecular flexibility index (Phi) is 6.49. The highest BCUT2D eigenvalue weighted by Crippen LogP contribution is 2.31. The lowest BCUT2D eigenvalue weighted by molar-refractivity contribution is -0.118. The molecule has 1 amide bonds. The number of hydrogen-bond donors (Lipinski definition) is 1. The first kappa shape index (κ1) is 18.7. The van der Waals surface area contributed by atoms with Crippen LogP contribution in [-0.2, 0) is 11.3 Å². The molecular weight excluding hydrogens is 350 g/mol. The average molecular weight is 375 g/mol. The fourth-order valence-corrected chi connectivity index (χ4v) is 3.77. The topological polar surface area (TPSA) is 81.9 Å². The molecule has 0 unspecified atom stereocenters. The zero-order chi connectivity index (χ0) is 18.4. The summed E-state index contributed by atoms with van der Waals surface area (Å²) >= 11 is 1.39. The van der Waals surface area contributed by atoms with Crippen molar-refractivity contribution >= 4 is 17.7 Å². The maximum absolute atomic E-state index is 12.1. The summed E-state index contributed by atoms with van der Waals surface area (Å²) in [5.74, 6) is 1.12. The Morgan fingerprint density at radius 3 is 2.73 bits per heavy atom. The molecule has 1 N–H and O–H groups in total. The number of nitrogens with zero attached hydrogens (tertiary/aromatic N) is 4. The molecule has 1 aromatic heterocycles. The maximum Gasteiger partial charge on any atom is 0.230 e. The van der Waals surface area contributed by atoms with Gasteiger partial charge in [0.1, 0.15) is 5.75 Å². The lowest BCUT2D eigenvalue weighted by Gasteiger charge is -2.11. The van der Waals surface area contributed by atoms with Gasteiger partial charge in [0.2, 0.25) is 11.1 Å². The lowest BCUT2D eigenvalue weighted by atomic mass is 10.2. The molecule has 140 valence electrons. The van der Waals surface area contributed by atoms with Crippen LogP contribution in [0.3, 0.4) is 0 Å². The molecule has 0 saturated heterocycles. The van der Waals surface area contributed by atoms with Gasteiger partial charge in [-0.25, -0.2) is 4.68 Å². The second kappa shape index (κ2) is 9.02. The normalized spacial score (nSPS) is 14.7. The molecule has 8 heteroatoms. The highest BCUT2D eigenvalue weighted by Gasteiger charge is 2.22. The van der Waals surface area contributed by atoms with E-state index in [9.17, 15) is 4.79 Å². The van der Waals surface area contributed by atoms with Crippen LogP contribution in [-0.4, -0.2) is 38.0 Å². The van der Waals surface area contributed by atoms with Gasteiger partial charge in [0.05, 0.1) is 17.9 Å². The van der Waals surface area contributed by atoms with E-state index in [1.165, 1.54) is 24.6 Å². The van der Waals surface area contributed by atoms with Crippen molar-refractivity contribution in [1.29, 1.82) is 0 Å². The van der Waals surface area contributed by atoms with E-state index in [-0.39, 0.29) is 12.0 Å². The number of thioether (sulfide) groups is 1. The number of nitrogens with one attached hydrogen (secondary N) is 1. The van der Waals surface area contributed by atoms with Crippen molar-refractivity contribution in [1.82, 2.24) is 25.5 Å². The number of hydrogen-bond acceptors (Lipinski definition) is 6. The van der Waals surface area contributed by atoms with E-state index in [1.54, 1.807) is 0 Å². The summed E-state index contributed by atoms with van der Waals surface area (Å²) in [5, 5.41) is 15.6. The van der Waals surface area contributed by atoms with Crippen molar-refractivity contribution in [3.8, 4) is 5.75 Å². The molecule has 0 aliphatic heterocycles. The first-order chi connectivity index (χ1) is 12.6. The van der Waals surface area contributed by atoms with Gasteiger partial charge >= 0.3 is 0 Å². The Balaban J connectivity index is 1.44. The van der Waals surface area contributed by atoms with E-state index < -0.39 is 0 Å². The smallest absolute Gasteiger partial charge is 0.230 e. The van der Waals surface area contributed by atoms with Crippen LogP contribution in [0.15, 0.2) is 29.4 Å². The summed E-state index contributed by atoms with van der Waals surface area (Å²) in [5.41, 5.74) is 1.04. The summed E-state index contributed by atoms with van der Waals surface area (Å²) in [6.07, 6.45) is 4.81. The monoisotopic (exact) mass is 375 g/mol. The molecule has 1 heterocycles. The number of carbonyl (C=O) groups is 1. The maximum atomic E-state index is 12.1. The fraction of sp³-hybridized carbons (Fsp3) is 0.556. The van der Waals surface area contributed by atoms with E-state index in [1.807, 2.05) is 42.8 Å². The van der Waals surface area contributed by atoms with E-state index in [0.717, 1.165) is 29.3 Å². The summed E-state index contributed by atoms with van der Waals surface area (Å²) in [4.78, 5) is 12.1. The van der Waals surface area contributed by atoms with Gasteiger partial charge in [-0.2, -0.15) is 0 Å². The third-order valence-electron chi connectivity index (χ3n) is 4.25. The molecule has 26 heavy (non-hydrogen) atoms. The predicted molar refractivity (Wildman–Crippen MR) is 100 cm³/mol. The van der Waals surface area contributed by atoms with Crippen molar-refractivity contribution in [2.45, 2.75) is 63.4 Å². The Labute approximate surface area is 157 Å².